The Kier molecular flexibility index (Phi) is 7.90. The zero-order chi connectivity index (χ0) is 38.9. The summed E-state index contributed by atoms with van der Waals surface area (Å²) < 4.78 is 5.08. The molecule has 0 saturated carbocycles. The van der Waals surface area contributed by atoms with Gasteiger partial charge in [-0.3, -0.25) is 9.47 Å². The van der Waals surface area contributed by atoms with Crippen molar-refractivity contribution in [1.29, 1.82) is 0 Å². The van der Waals surface area contributed by atoms with Crippen LogP contribution in [0.5, 0.6) is 0 Å². The molecule has 2 aromatic heterocycles. The highest BCUT2D eigenvalue weighted by Gasteiger charge is 2.32. The molecule has 0 fully saturated rings. The van der Waals surface area contributed by atoms with Gasteiger partial charge in [0.15, 0.2) is 0 Å². The minimum atomic E-state index is -0.959. The van der Waals surface area contributed by atoms with Crippen LogP contribution in [-0.4, -0.2) is 14.1 Å². The Balaban J connectivity index is 1.07. The van der Waals surface area contributed by atoms with Crippen LogP contribution in [0.2, 0.25) is 0 Å². The van der Waals surface area contributed by atoms with Crippen molar-refractivity contribution in [2.45, 2.75) is 0 Å². The second kappa shape index (κ2) is 13.7. The Morgan fingerprint density at radius 2 is 1.12 bits per heavy atom. The minimum Gasteiger partial charge on any atom is -0.309 e. The van der Waals surface area contributed by atoms with Crippen molar-refractivity contribution in [3.8, 4) is 16.8 Å². The largest absolute Gasteiger partial charge is 0.309 e. The lowest BCUT2D eigenvalue weighted by molar-refractivity contribution is 1.08. The molecule has 0 unspecified atom stereocenters. The SMILES string of the molecule is c1ccc(N2c3ccc(N(c4ccc(-c5cccc6ccccc56)cc4)c4cccc5c4sc4ccccc45)cc3[SiH2]c3c2n(-c2ccccc2)c2ccccc32)cc1. The number of fused-ring (bicyclic) bond motifs is 8. The summed E-state index contributed by atoms with van der Waals surface area (Å²) in [5, 5.41) is 9.35. The van der Waals surface area contributed by atoms with Gasteiger partial charge in [0.05, 0.1) is 25.4 Å². The molecule has 0 spiro atoms. The van der Waals surface area contributed by atoms with Gasteiger partial charge >= 0.3 is 0 Å². The number of thiophene rings is 1. The van der Waals surface area contributed by atoms with Crippen molar-refractivity contribution in [3.63, 3.8) is 0 Å². The quantitative estimate of drug-likeness (QED) is 0.156. The summed E-state index contributed by atoms with van der Waals surface area (Å²) in [6, 6.07) is 78.0. The average molecular weight is 788 g/mol. The van der Waals surface area contributed by atoms with Crippen molar-refractivity contribution in [3.05, 3.63) is 212 Å². The molecule has 3 heterocycles. The molecule has 12 rings (SSSR count). The standard InChI is InChI=1S/C54H37N3SSi/c1-3-17-38(18-4-1)56-47-26-11-9-23-46(47)53-54(56)57(39-19-5-2-6-20-39)48-34-33-41(35-51(48)59-53)55(49-27-14-25-45-44-22-10-12-28-50(44)58-52(45)49)40-31-29-37(30-32-40)43-24-13-16-36-15-7-8-21-42(36)43/h1-35H,59H2. The summed E-state index contributed by atoms with van der Waals surface area (Å²) in [6.45, 7) is 0. The van der Waals surface area contributed by atoms with Crippen LogP contribution in [-0.2, 0) is 0 Å². The Hall–Kier alpha value is -7.18. The lowest BCUT2D eigenvalue weighted by Gasteiger charge is -2.35. The molecule has 0 radical (unpaired) electrons. The van der Waals surface area contributed by atoms with Gasteiger partial charge in [0.25, 0.3) is 0 Å². The van der Waals surface area contributed by atoms with Crippen molar-refractivity contribution < 1.29 is 0 Å². The van der Waals surface area contributed by atoms with E-state index in [1.54, 1.807) is 0 Å². The van der Waals surface area contributed by atoms with Crippen LogP contribution in [0.3, 0.4) is 0 Å². The van der Waals surface area contributed by atoms with Crippen LogP contribution in [0.25, 0.3) is 58.7 Å². The van der Waals surface area contributed by atoms with E-state index in [1.165, 1.54) is 91.9 Å². The molecule has 11 aromatic rings. The first kappa shape index (κ1) is 33.9. The normalized spacial score (nSPS) is 12.7. The van der Waals surface area contributed by atoms with Crippen molar-refractivity contribution >= 4 is 107 Å². The van der Waals surface area contributed by atoms with Crippen LogP contribution >= 0.6 is 11.3 Å². The number of hydrogen-bond donors (Lipinski definition) is 0. The molecule has 3 nitrogen and oxygen atoms in total. The van der Waals surface area contributed by atoms with Gasteiger partial charge < -0.3 is 4.90 Å². The molecule has 278 valence electrons. The van der Waals surface area contributed by atoms with Crippen molar-refractivity contribution in [2.24, 2.45) is 0 Å². The number of anilines is 6. The van der Waals surface area contributed by atoms with Crippen molar-refractivity contribution in [2.75, 3.05) is 9.80 Å². The van der Waals surface area contributed by atoms with Crippen LogP contribution in [0.15, 0.2) is 212 Å². The predicted octanol–water partition coefficient (Wildman–Crippen LogP) is 13.2. The third kappa shape index (κ3) is 5.47. The van der Waals surface area contributed by atoms with Gasteiger partial charge in [-0.15, -0.1) is 11.3 Å². The number of rotatable bonds is 6. The zero-order valence-electron chi connectivity index (χ0n) is 32.2. The Morgan fingerprint density at radius 1 is 0.475 bits per heavy atom. The van der Waals surface area contributed by atoms with Gasteiger partial charge in [0.1, 0.15) is 5.82 Å². The molecule has 0 bridgehead atoms. The first-order valence-electron chi connectivity index (χ1n) is 20.2. The molecule has 0 aliphatic carbocycles. The third-order valence-corrected chi connectivity index (χ3v) is 15.2. The fraction of sp³-hybridized carbons (Fsp3) is 0. The van der Waals surface area contributed by atoms with E-state index < -0.39 is 9.52 Å². The monoisotopic (exact) mass is 787 g/mol. The van der Waals surface area contributed by atoms with Gasteiger partial charge in [-0.2, -0.15) is 0 Å². The van der Waals surface area contributed by atoms with E-state index in [0.717, 1.165) is 11.4 Å². The Labute approximate surface area is 349 Å². The highest BCUT2D eigenvalue weighted by atomic mass is 32.1. The highest BCUT2D eigenvalue weighted by molar-refractivity contribution is 7.26. The summed E-state index contributed by atoms with van der Waals surface area (Å²) in [6.07, 6.45) is 0. The number of nitrogens with zero attached hydrogens (tertiary/aromatic N) is 3. The first-order chi connectivity index (χ1) is 29.3. The molecular weight excluding hydrogens is 751 g/mol. The number of aromatic nitrogens is 1. The Morgan fingerprint density at radius 3 is 1.95 bits per heavy atom. The summed E-state index contributed by atoms with van der Waals surface area (Å²) in [4.78, 5) is 5.00. The van der Waals surface area contributed by atoms with E-state index in [2.05, 4.69) is 227 Å². The molecule has 0 atom stereocenters. The summed E-state index contributed by atoms with van der Waals surface area (Å²) in [7, 11) is -0.959. The number of hydrogen-bond acceptors (Lipinski definition) is 3. The van der Waals surface area contributed by atoms with Gasteiger partial charge in [0, 0.05) is 49.3 Å². The predicted molar refractivity (Wildman–Crippen MR) is 256 cm³/mol. The maximum absolute atomic E-state index is 2.51. The van der Waals surface area contributed by atoms with Crippen LogP contribution < -0.4 is 20.2 Å². The van der Waals surface area contributed by atoms with E-state index in [1.807, 2.05) is 11.3 Å². The maximum Gasteiger partial charge on any atom is 0.122 e. The summed E-state index contributed by atoms with van der Waals surface area (Å²) >= 11 is 1.88. The molecular formula is C54H37N3SSi. The molecule has 0 saturated heterocycles. The maximum atomic E-state index is 2.51. The second-order valence-electron chi connectivity index (χ2n) is 15.3. The molecule has 9 aromatic carbocycles. The molecule has 0 amide bonds. The van der Waals surface area contributed by atoms with E-state index >= 15 is 0 Å². The van der Waals surface area contributed by atoms with Crippen LogP contribution in [0, 0.1) is 0 Å². The number of benzene rings is 9. The molecule has 1 aliphatic heterocycles. The van der Waals surface area contributed by atoms with Gasteiger partial charge in [-0.25, -0.2) is 0 Å². The van der Waals surface area contributed by atoms with E-state index in [9.17, 15) is 0 Å². The van der Waals surface area contributed by atoms with Gasteiger partial charge in [0.2, 0.25) is 0 Å². The minimum absolute atomic E-state index is 0.959. The van der Waals surface area contributed by atoms with Gasteiger partial charge in [-0.1, -0.05) is 140 Å². The van der Waals surface area contributed by atoms with E-state index in [-0.39, 0.29) is 0 Å². The lowest BCUT2D eigenvalue weighted by atomic mass is 9.98. The van der Waals surface area contributed by atoms with E-state index in [4.69, 9.17) is 0 Å². The molecule has 0 N–H and O–H groups in total. The molecule has 1 aliphatic rings. The first-order valence-corrected chi connectivity index (χ1v) is 22.5. The summed E-state index contributed by atoms with van der Waals surface area (Å²) in [5.41, 5.74) is 10.8. The third-order valence-electron chi connectivity index (χ3n) is 12.0. The molecule has 59 heavy (non-hydrogen) atoms. The van der Waals surface area contributed by atoms with E-state index in [0.29, 0.717) is 0 Å². The fourth-order valence-electron chi connectivity index (χ4n) is 9.36. The zero-order valence-corrected chi connectivity index (χ0v) is 34.4. The van der Waals surface area contributed by atoms with Gasteiger partial charge in [-0.05, 0) is 105 Å². The van der Waals surface area contributed by atoms with Crippen LogP contribution in [0.4, 0.5) is 34.3 Å². The Bertz CT molecular complexity index is 3360. The topological polar surface area (TPSA) is 11.4 Å². The second-order valence-corrected chi connectivity index (χ2v) is 18.2. The number of para-hydroxylation sites is 3. The lowest BCUT2D eigenvalue weighted by Crippen LogP contribution is -2.40. The highest BCUT2D eigenvalue weighted by Crippen LogP contribution is 2.46. The summed E-state index contributed by atoms with van der Waals surface area (Å²) in [5.74, 6) is 1.26. The molecule has 5 heteroatoms. The fourth-order valence-corrected chi connectivity index (χ4v) is 12.7. The van der Waals surface area contributed by atoms with Crippen molar-refractivity contribution in [1.82, 2.24) is 4.57 Å². The average Bonchev–Trinajstić information content (AvgIpc) is 3.85. The van der Waals surface area contributed by atoms with Crippen LogP contribution in [0.1, 0.15) is 0 Å². The smallest absolute Gasteiger partial charge is 0.122 e.